The molecule has 0 bridgehead atoms. The van der Waals surface area contributed by atoms with Crippen molar-refractivity contribution in [1.82, 2.24) is 16.0 Å². The average Bonchev–Trinajstić information content (AvgIpc) is 2.78. The van der Waals surface area contributed by atoms with Gasteiger partial charge in [-0.05, 0) is 36.5 Å². The van der Waals surface area contributed by atoms with Crippen LogP contribution >= 0.6 is 0 Å². The third-order valence-electron chi connectivity index (χ3n) is 5.23. The summed E-state index contributed by atoms with van der Waals surface area (Å²) in [5.74, 6) is -5.01. The summed E-state index contributed by atoms with van der Waals surface area (Å²) < 4.78 is 0. The van der Waals surface area contributed by atoms with Gasteiger partial charge in [-0.25, -0.2) is 4.79 Å². The fourth-order valence-corrected chi connectivity index (χ4v) is 3.00. The van der Waals surface area contributed by atoms with Crippen molar-refractivity contribution in [2.24, 2.45) is 11.7 Å². The summed E-state index contributed by atoms with van der Waals surface area (Å²) in [4.78, 5) is 59.5. The Morgan fingerprint density at radius 3 is 2.15 bits per heavy atom. The minimum atomic E-state index is -1.31. The lowest BCUT2D eigenvalue weighted by molar-refractivity contribution is -0.144. The summed E-state index contributed by atoms with van der Waals surface area (Å²) in [5.41, 5.74) is 6.54. The van der Waals surface area contributed by atoms with E-state index in [-0.39, 0.29) is 18.6 Å². The van der Waals surface area contributed by atoms with Gasteiger partial charge in [0.05, 0.1) is 12.6 Å². The summed E-state index contributed by atoms with van der Waals surface area (Å²) >= 11 is 0. The molecule has 12 heteroatoms. The minimum Gasteiger partial charge on any atom is -0.508 e. The molecule has 0 spiro atoms. The van der Waals surface area contributed by atoms with Crippen LogP contribution in [0.2, 0.25) is 0 Å². The first-order valence-corrected chi connectivity index (χ1v) is 10.8. The monoisotopic (exact) mass is 480 g/mol. The van der Waals surface area contributed by atoms with Gasteiger partial charge in [-0.2, -0.15) is 0 Å². The van der Waals surface area contributed by atoms with Gasteiger partial charge in [-0.3, -0.25) is 19.2 Å². The van der Waals surface area contributed by atoms with Crippen LogP contribution < -0.4 is 21.7 Å². The largest absolute Gasteiger partial charge is 0.508 e. The molecule has 0 aliphatic rings. The number of hydrogen-bond acceptors (Lipinski definition) is 7. The Morgan fingerprint density at radius 1 is 1.00 bits per heavy atom. The van der Waals surface area contributed by atoms with Gasteiger partial charge in [0.25, 0.3) is 0 Å². The summed E-state index contributed by atoms with van der Waals surface area (Å²) in [6.45, 7) is 2.87. The molecule has 188 valence electrons. The SMILES string of the molecule is CCC(C)C(NC(=O)C(CCC(=O)O)NC(=O)CNC(=O)C(N)Cc1ccc(O)cc1)C(=O)O. The van der Waals surface area contributed by atoms with E-state index in [1.807, 2.05) is 0 Å². The molecule has 0 saturated carbocycles. The Kier molecular flexibility index (Phi) is 11.5. The Bertz CT molecular complexity index is 874. The van der Waals surface area contributed by atoms with Crippen molar-refractivity contribution in [1.29, 1.82) is 0 Å². The fourth-order valence-electron chi connectivity index (χ4n) is 3.00. The van der Waals surface area contributed by atoms with E-state index in [1.165, 1.54) is 12.1 Å². The molecule has 4 unspecified atom stereocenters. The molecule has 8 N–H and O–H groups in total. The number of benzene rings is 1. The highest BCUT2D eigenvalue weighted by molar-refractivity contribution is 5.92. The second kappa shape index (κ2) is 13.8. The number of carbonyl (C=O) groups excluding carboxylic acids is 3. The highest BCUT2D eigenvalue weighted by Crippen LogP contribution is 2.11. The lowest BCUT2D eigenvalue weighted by Gasteiger charge is -2.24. The van der Waals surface area contributed by atoms with E-state index >= 15 is 0 Å². The second-order valence-corrected chi connectivity index (χ2v) is 7.96. The number of carboxylic acids is 2. The van der Waals surface area contributed by atoms with E-state index < -0.39 is 66.7 Å². The normalized spacial score (nSPS) is 14.2. The molecule has 0 aliphatic carbocycles. The van der Waals surface area contributed by atoms with Crippen molar-refractivity contribution in [2.75, 3.05) is 6.54 Å². The van der Waals surface area contributed by atoms with Crippen molar-refractivity contribution in [3.05, 3.63) is 29.8 Å². The zero-order valence-electron chi connectivity index (χ0n) is 19.1. The highest BCUT2D eigenvalue weighted by atomic mass is 16.4. The van der Waals surface area contributed by atoms with Gasteiger partial charge >= 0.3 is 11.9 Å². The van der Waals surface area contributed by atoms with E-state index in [9.17, 15) is 34.2 Å². The third-order valence-corrected chi connectivity index (χ3v) is 5.23. The van der Waals surface area contributed by atoms with Crippen LogP contribution in [0.1, 0.15) is 38.7 Å². The Hall–Kier alpha value is -3.67. The molecule has 1 aromatic rings. The second-order valence-electron chi connectivity index (χ2n) is 7.96. The van der Waals surface area contributed by atoms with Gasteiger partial charge in [-0.1, -0.05) is 32.4 Å². The first kappa shape index (κ1) is 28.4. The molecule has 0 aromatic heterocycles. The van der Waals surface area contributed by atoms with Crippen LogP contribution in [0, 0.1) is 5.92 Å². The van der Waals surface area contributed by atoms with Crippen LogP contribution in [0.4, 0.5) is 0 Å². The number of nitrogens with one attached hydrogen (secondary N) is 3. The topological polar surface area (TPSA) is 208 Å². The maximum absolute atomic E-state index is 12.6. The average molecular weight is 481 g/mol. The van der Waals surface area contributed by atoms with Gasteiger partial charge in [-0.15, -0.1) is 0 Å². The summed E-state index contributed by atoms with van der Waals surface area (Å²) in [7, 11) is 0. The number of carboxylic acid groups (broad SMARTS) is 2. The van der Waals surface area contributed by atoms with Gasteiger partial charge in [0.15, 0.2) is 0 Å². The van der Waals surface area contributed by atoms with E-state index in [0.29, 0.717) is 12.0 Å². The molecule has 4 atom stereocenters. The quantitative estimate of drug-likeness (QED) is 0.180. The van der Waals surface area contributed by atoms with Gasteiger partial charge in [0.2, 0.25) is 17.7 Å². The molecular formula is C22H32N4O8. The van der Waals surface area contributed by atoms with Crippen LogP contribution in [0.5, 0.6) is 5.75 Å². The van der Waals surface area contributed by atoms with E-state index in [2.05, 4.69) is 16.0 Å². The summed E-state index contributed by atoms with van der Waals surface area (Å²) in [6.07, 6.45) is -0.0826. The molecule has 34 heavy (non-hydrogen) atoms. The number of phenols is 1. The molecule has 0 saturated heterocycles. The lowest BCUT2D eigenvalue weighted by Crippen LogP contribution is -2.55. The molecule has 3 amide bonds. The predicted molar refractivity (Wildman–Crippen MR) is 121 cm³/mol. The fraction of sp³-hybridized carbons (Fsp3) is 0.500. The lowest BCUT2D eigenvalue weighted by atomic mass is 9.98. The maximum Gasteiger partial charge on any atom is 0.326 e. The number of aromatic hydroxyl groups is 1. The third kappa shape index (κ3) is 9.86. The number of amides is 3. The number of nitrogens with two attached hydrogens (primary N) is 1. The van der Waals surface area contributed by atoms with Crippen molar-refractivity contribution < 1.29 is 39.3 Å². The molecule has 12 nitrogen and oxygen atoms in total. The molecular weight excluding hydrogens is 448 g/mol. The van der Waals surface area contributed by atoms with Crippen LogP contribution in [0.15, 0.2) is 24.3 Å². The first-order chi connectivity index (χ1) is 15.9. The summed E-state index contributed by atoms with van der Waals surface area (Å²) in [6, 6.07) is 2.61. The van der Waals surface area contributed by atoms with Crippen LogP contribution in [-0.2, 0) is 30.4 Å². The Morgan fingerprint density at radius 2 is 1.62 bits per heavy atom. The van der Waals surface area contributed by atoms with Crippen molar-refractivity contribution >= 4 is 29.7 Å². The number of carbonyl (C=O) groups is 5. The van der Waals surface area contributed by atoms with Gasteiger partial charge < -0.3 is 37.0 Å². The number of phenolic OH excluding ortho intramolecular Hbond substituents is 1. The molecule has 0 heterocycles. The number of aliphatic carboxylic acids is 2. The zero-order chi connectivity index (χ0) is 25.8. The zero-order valence-corrected chi connectivity index (χ0v) is 19.1. The summed E-state index contributed by atoms with van der Waals surface area (Å²) in [5, 5.41) is 34.6. The number of rotatable bonds is 14. The van der Waals surface area contributed by atoms with E-state index in [4.69, 9.17) is 10.8 Å². The van der Waals surface area contributed by atoms with Gasteiger partial charge in [0.1, 0.15) is 17.8 Å². The van der Waals surface area contributed by atoms with Crippen LogP contribution in [-0.4, -0.2) is 69.7 Å². The first-order valence-electron chi connectivity index (χ1n) is 10.8. The van der Waals surface area contributed by atoms with Gasteiger partial charge in [0, 0.05) is 6.42 Å². The Balaban J connectivity index is 2.70. The van der Waals surface area contributed by atoms with E-state index in [0.717, 1.165) is 0 Å². The van der Waals surface area contributed by atoms with Crippen molar-refractivity contribution in [2.45, 2.75) is 57.7 Å². The maximum atomic E-state index is 12.6. The molecule has 0 aliphatic heterocycles. The Labute approximate surface area is 196 Å². The minimum absolute atomic E-state index is 0.0683. The number of hydrogen-bond donors (Lipinski definition) is 7. The molecule has 0 radical (unpaired) electrons. The standard InChI is InChI=1S/C22H32N4O8/c1-3-12(2)19(22(33)34)26-21(32)16(8-9-18(29)30)25-17(28)11-24-20(31)15(23)10-13-4-6-14(27)7-5-13/h4-7,12,15-16,19,27H,3,8-11,23H2,1-2H3,(H,24,31)(H,25,28)(H,26,32)(H,29,30)(H,33,34). The molecule has 1 rings (SSSR count). The van der Waals surface area contributed by atoms with Crippen molar-refractivity contribution in [3.8, 4) is 5.75 Å². The predicted octanol–water partition coefficient (Wildman–Crippen LogP) is -0.657. The molecule has 0 fully saturated rings. The molecule has 1 aromatic carbocycles. The van der Waals surface area contributed by atoms with Crippen LogP contribution in [0.3, 0.4) is 0 Å². The highest BCUT2D eigenvalue weighted by Gasteiger charge is 2.30. The van der Waals surface area contributed by atoms with Crippen molar-refractivity contribution in [3.63, 3.8) is 0 Å². The smallest absolute Gasteiger partial charge is 0.326 e. The van der Waals surface area contributed by atoms with Crippen LogP contribution in [0.25, 0.3) is 0 Å². The van der Waals surface area contributed by atoms with E-state index in [1.54, 1.807) is 26.0 Å².